The van der Waals surface area contributed by atoms with Crippen molar-refractivity contribution in [2.45, 2.75) is 71.8 Å². The smallest absolute Gasteiger partial charge is 0.254 e. The van der Waals surface area contributed by atoms with Gasteiger partial charge in [0.25, 0.3) is 5.91 Å². The summed E-state index contributed by atoms with van der Waals surface area (Å²) in [6.07, 6.45) is 7.42. The lowest BCUT2D eigenvalue weighted by molar-refractivity contribution is -0.134. The lowest BCUT2D eigenvalue weighted by Crippen LogP contribution is -2.46. The molecule has 172 valence electrons. The van der Waals surface area contributed by atoms with Crippen LogP contribution in [0.4, 0.5) is 0 Å². The minimum Gasteiger partial charge on any atom is -0.334 e. The van der Waals surface area contributed by atoms with E-state index in [1.807, 2.05) is 23.1 Å². The molecule has 0 bridgehead atoms. The Morgan fingerprint density at radius 1 is 0.969 bits per heavy atom. The highest BCUT2D eigenvalue weighted by molar-refractivity contribution is 5.96. The van der Waals surface area contributed by atoms with Gasteiger partial charge in [-0.15, -0.1) is 0 Å². The van der Waals surface area contributed by atoms with Crippen LogP contribution in [0.2, 0.25) is 0 Å². The molecule has 4 nitrogen and oxygen atoms in total. The minimum atomic E-state index is -0.0445. The highest BCUT2D eigenvalue weighted by Gasteiger charge is 2.29. The minimum absolute atomic E-state index is 0.0349. The van der Waals surface area contributed by atoms with E-state index in [1.54, 1.807) is 4.90 Å². The Labute approximate surface area is 193 Å². The molecule has 0 fully saturated rings. The van der Waals surface area contributed by atoms with Crippen molar-refractivity contribution in [1.82, 2.24) is 9.80 Å². The number of fused-ring (bicyclic) bond motifs is 1. The van der Waals surface area contributed by atoms with E-state index < -0.39 is 0 Å². The molecule has 1 aliphatic rings. The molecule has 0 aliphatic carbocycles. The highest BCUT2D eigenvalue weighted by atomic mass is 16.2. The molecular weight excluding hydrogens is 396 g/mol. The van der Waals surface area contributed by atoms with Crippen LogP contribution in [0.3, 0.4) is 0 Å². The molecular formula is C28H38N2O2. The number of carbonyl (C=O) groups is 2. The molecule has 2 aromatic rings. The summed E-state index contributed by atoms with van der Waals surface area (Å²) in [5.41, 5.74) is 4.48. The Morgan fingerprint density at radius 2 is 1.69 bits per heavy atom. The zero-order valence-electron chi connectivity index (χ0n) is 20.0. The fraction of sp³-hybridized carbons (Fsp3) is 0.500. The van der Waals surface area contributed by atoms with Crippen molar-refractivity contribution in [2.24, 2.45) is 0 Å². The van der Waals surface area contributed by atoms with Crippen molar-refractivity contribution >= 4 is 11.8 Å². The second kappa shape index (κ2) is 11.8. The van der Waals surface area contributed by atoms with Crippen molar-refractivity contribution in [3.63, 3.8) is 0 Å². The van der Waals surface area contributed by atoms with Crippen molar-refractivity contribution in [2.75, 3.05) is 19.6 Å². The quantitative estimate of drug-likeness (QED) is 0.443. The average molecular weight is 435 g/mol. The van der Waals surface area contributed by atoms with Crippen LogP contribution in [0.1, 0.15) is 86.0 Å². The number of amides is 2. The van der Waals surface area contributed by atoms with Gasteiger partial charge >= 0.3 is 0 Å². The van der Waals surface area contributed by atoms with E-state index in [4.69, 9.17) is 0 Å². The van der Waals surface area contributed by atoms with Gasteiger partial charge < -0.3 is 9.80 Å². The SMILES string of the molecule is CCCCCc1ccc(C(=O)N(CCCC)CC(=O)N2CCc3ccccc3C2C)cc1. The van der Waals surface area contributed by atoms with Crippen LogP contribution in [-0.4, -0.2) is 41.2 Å². The molecule has 2 amide bonds. The molecule has 1 aliphatic heterocycles. The van der Waals surface area contributed by atoms with Crippen LogP contribution in [0.15, 0.2) is 48.5 Å². The first-order chi connectivity index (χ1) is 15.5. The largest absolute Gasteiger partial charge is 0.334 e. The number of unbranched alkanes of at least 4 members (excludes halogenated alkanes) is 3. The summed E-state index contributed by atoms with van der Waals surface area (Å²) < 4.78 is 0. The predicted molar refractivity (Wildman–Crippen MR) is 131 cm³/mol. The fourth-order valence-corrected chi connectivity index (χ4v) is 4.54. The van der Waals surface area contributed by atoms with Gasteiger partial charge in [0.1, 0.15) is 6.54 Å². The maximum absolute atomic E-state index is 13.3. The van der Waals surface area contributed by atoms with E-state index >= 15 is 0 Å². The first-order valence-electron chi connectivity index (χ1n) is 12.3. The zero-order chi connectivity index (χ0) is 22.9. The van der Waals surface area contributed by atoms with Crippen molar-refractivity contribution < 1.29 is 9.59 Å². The molecule has 1 heterocycles. The van der Waals surface area contributed by atoms with Crippen LogP contribution in [0, 0.1) is 0 Å². The van der Waals surface area contributed by atoms with Gasteiger partial charge in [0.05, 0.1) is 6.04 Å². The molecule has 3 rings (SSSR count). The average Bonchev–Trinajstić information content (AvgIpc) is 2.82. The van der Waals surface area contributed by atoms with Crippen molar-refractivity contribution in [1.29, 1.82) is 0 Å². The summed E-state index contributed by atoms with van der Waals surface area (Å²) in [5, 5.41) is 0. The Bertz CT molecular complexity index is 891. The normalized spacial score (nSPS) is 15.3. The molecule has 0 saturated carbocycles. The predicted octanol–water partition coefficient (Wildman–Crippen LogP) is 5.81. The van der Waals surface area contributed by atoms with Gasteiger partial charge in [0.15, 0.2) is 0 Å². The number of nitrogens with zero attached hydrogens (tertiary/aromatic N) is 2. The van der Waals surface area contributed by atoms with Gasteiger partial charge in [0.2, 0.25) is 5.91 Å². The van der Waals surface area contributed by atoms with Crippen LogP contribution in [0.25, 0.3) is 0 Å². The monoisotopic (exact) mass is 434 g/mol. The highest BCUT2D eigenvalue weighted by Crippen LogP contribution is 2.29. The summed E-state index contributed by atoms with van der Waals surface area (Å²) in [4.78, 5) is 30.2. The number of rotatable bonds is 10. The van der Waals surface area contributed by atoms with Crippen molar-refractivity contribution in [3.8, 4) is 0 Å². The van der Waals surface area contributed by atoms with Crippen LogP contribution >= 0.6 is 0 Å². The van der Waals surface area contributed by atoms with Gasteiger partial charge in [-0.2, -0.15) is 0 Å². The molecule has 0 N–H and O–H groups in total. The van der Waals surface area contributed by atoms with Gasteiger partial charge in [-0.25, -0.2) is 0 Å². The number of hydrogen-bond acceptors (Lipinski definition) is 2. The Kier molecular flexibility index (Phi) is 8.90. The molecule has 32 heavy (non-hydrogen) atoms. The van der Waals surface area contributed by atoms with E-state index in [9.17, 15) is 9.59 Å². The van der Waals surface area contributed by atoms with E-state index in [0.717, 1.165) is 25.7 Å². The fourth-order valence-electron chi connectivity index (χ4n) is 4.54. The van der Waals surface area contributed by atoms with Crippen LogP contribution in [-0.2, 0) is 17.6 Å². The molecule has 1 unspecified atom stereocenters. The summed E-state index contributed by atoms with van der Waals surface area (Å²) in [6.45, 7) is 7.86. The number of hydrogen-bond donors (Lipinski definition) is 0. The second-order valence-corrected chi connectivity index (χ2v) is 8.95. The summed E-state index contributed by atoms with van der Waals surface area (Å²) in [6, 6.07) is 16.4. The first kappa shape index (κ1) is 24.0. The van der Waals surface area contributed by atoms with Gasteiger partial charge in [-0.1, -0.05) is 69.5 Å². The van der Waals surface area contributed by atoms with Crippen LogP contribution in [0.5, 0.6) is 0 Å². The van der Waals surface area contributed by atoms with E-state index in [1.165, 1.54) is 36.0 Å². The molecule has 0 saturated heterocycles. The molecule has 2 aromatic carbocycles. The maximum Gasteiger partial charge on any atom is 0.254 e. The lowest BCUT2D eigenvalue weighted by Gasteiger charge is -2.36. The summed E-state index contributed by atoms with van der Waals surface area (Å²) in [7, 11) is 0. The van der Waals surface area contributed by atoms with Gasteiger partial charge in [-0.05, 0) is 61.4 Å². The lowest BCUT2D eigenvalue weighted by atomic mass is 9.93. The standard InChI is InChI=1S/C28H38N2O2/c1-4-6-8-11-23-14-16-25(17-15-23)28(32)29(19-7-5-2)21-27(31)30-20-18-24-12-9-10-13-26(24)22(30)3/h9-10,12-17,22H,4-8,11,18-21H2,1-3H3. The molecule has 1 atom stereocenters. The molecule has 0 spiro atoms. The van der Waals surface area contributed by atoms with E-state index in [0.29, 0.717) is 18.7 Å². The van der Waals surface area contributed by atoms with Crippen molar-refractivity contribution in [3.05, 3.63) is 70.8 Å². The molecule has 0 aromatic heterocycles. The van der Waals surface area contributed by atoms with Gasteiger partial charge in [-0.3, -0.25) is 9.59 Å². The topological polar surface area (TPSA) is 40.6 Å². The zero-order valence-corrected chi connectivity index (χ0v) is 20.0. The van der Waals surface area contributed by atoms with Gasteiger partial charge in [0, 0.05) is 18.7 Å². The summed E-state index contributed by atoms with van der Waals surface area (Å²) in [5.74, 6) is -0.00962. The Hall–Kier alpha value is -2.62. The van der Waals surface area contributed by atoms with E-state index in [2.05, 4.69) is 51.1 Å². The van der Waals surface area contributed by atoms with E-state index in [-0.39, 0.29) is 24.4 Å². The number of carbonyl (C=O) groups excluding carboxylic acids is 2. The second-order valence-electron chi connectivity index (χ2n) is 8.95. The third kappa shape index (κ3) is 5.99. The molecule has 4 heteroatoms. The first-order valence-corrected chi connectivity index (χ1v) is 12.3. The third-order valence-corrected chi connectivity index (χ3v) is 6.58. The number of aryl methyl sites for hydroxylation is 1. The molecule has 0 radical (unpaired) electrons. The number of benzene rings is 2. The van der Waals surface area contributed by atoms with Crippen LogP contribution < -0.4 is 0 Å². The summed E-state index contributed by atoms with van der Waals surface area (Å²) >= 11 is 0. The Morgan fingerprint density at radius 3 is 2.41 bits per heavy atom. The third-order valence-electron chi connectivity index (χ3n) is 6.58. The maximum atomic E-state index is 13.3. The Balaban J connectivity index is 1.68.